The van der Waals surface area contributed by atoms with Crippen LogP contribution in [0.1, 0.15) is 44.0 Å². The fourth-order valence-electron chi connectivity index (χ4n) is 4.06. The van der Waals surface area contributed by atoms with Crippen LogP contribution in [0.5, 0.6) is 5.88 Å². The summed E-state index contributed by atoms with van der Waals surface area (Å²) in [6.07, 6.45) is 3.70. The molecule has 1 amide bonds. The molecule has 0 aromatic carbocycles. The number of hydrogen-bond acceptors (Lipinski definition) is 9. The molecule has 0 aliphatic carbocycles. The van der Waals surface area contributed by atoms with Crippen LogP contribution in [0.25, 0.3) is 11.3 Å². The highest BCUT2D eigenvalue weighted by Gasteiger charge is 2.27. The number of hydrogen-bond donors (Lipinski definition) is 2. The van der Waals surface area contributed by atoms with Crippen LogP contribution in [-0.4, -0.2) is 48.5 Å². The minimum Gasteiger partial charge on any atom is -0.475 e. The van der Waals surface area contributed by atoms with E-state index in [-0.39, 0.29) is 22.5 Å². The molecule has 0 radical (unpaired) electrons. The zero-order valence-corrected chi connectivity index (χ0v) is 21.3. The van der Waals surface area contributed by atoms with Crippen molar-refractivity contribution in [3.63, 3.8) is 0 Å². The minimum absolute atomic E-state index is 0.00534. The topological polar surface area (TPSA) is 140 Å². The second kappa shape index (κ2) is 10.5. The van der Waals surface area contributed by atoms with Crippen LogP contribution in [-0.2, 0) is 10.0 Å². The van der Waals surface area contributed by atoms with Gasteiger partial charge in [0.15, 0.2) is 5.03 Å². The number of carbonyl (C=O) groups excluding carboxylic acids is 1. The van der Waals surface area contributed by atoms with Crippen molar-refractivity contribution < 1.29 is 17.9 Å². The van der Waals surface area contributed by atoms with E-state index in [0.29, 0.717) is 36.4 Å². The lowest BCUT2D eigenvalue weighted by Gasteiger charge is -2.33. The van der Waals surface area contributed by atoms with Crippen molar-refractivity contribution in [2.24, 2.45) is 5.92 Å². The second-order valence-corrected chi connectivity index (χ2v) is 10.8. The third-order valence-corrected chi connectivity index (χ3v) is 6.94. The maximum atomic E-state index is 13.2. The van der Waals surface area contributed by atoms with Crippen molar-refractivity contribution >= 4 is 27.6 Å². The fourth-order valence-corrected chi connectivity index (χ4v) is 5.00. The zero-order chi connectivity index (χ0) is 25.9. The molecule has 4 heterocycles. The van der Waals surface area contributed by atoms with E-state index < -0.39 is 15.9 Å². The first kappa shape index (κ1) is 25.4. The predicted octanol–water partition coefficient (Wildman–Crippen LogP) is 3.26. The number of amides is 1. The minimum atomic E-state index is -4.23. The number of nitrogen functional groups attached to an aromatic ring is 1. The molecule has 190 valence electrons. The first-order valence-corrected chi connectivity index (χ1v) is 13.3. The molecule has 10 nitrogen and oxygen atoms in total. The standard InChI is InChI=1S/C25H30N6O4S/c1-16(2)35-22-12-9-18(14-27-22)20-11-10-19(24(28-20)31-13-5-6-17(3)15-31)25(32)30-36(33,34)23-8-4-7-21(26)29-23/h4,7-12,14,16-17H,5-6,13,15H2,1-3H3,(H2,26,29)(H,30,32). The lowest BCUT2D eigenvalue weighted by molar-refractivity contribution is 0.0981. The number of carbonyl (C=O) groups is 1. The van der Waals surface area contributed by atoms with Crippen molar-refractivity contribution in [3.8, 4) is 17.1 Å². The summed E-state index contributed by atoms with van der Waals surface area (Å²) < 4.78 is 33.3. The van der Waals surface area contributed by atoms with Gasteiger partial charge in [-0.25, -0.2) is 19.7 Å². The molecule has 4 rings (SSSR count). The van der Waals surface area contributed by atoms with Gasteiger partial charge >= 0.3 is 0 Å². The summed E-state index contributed by atoms with van der Waals surface area (Å²) in [7, 11) is -4.23. The Balaban J connectivity index is 1.68. The summed E-state index contributed by atoms with van der Waals surface area (Å²) in [5.74, 6) is 0.600. The van der Waals surface area contributed by atoms with Crippen LogP contribution in [0.15, 0.2) is 53.7 Å². The van der Waals surface area contributed by atoms with Crippen molar-refractivity contribution in [3.05, 3.63) is 54.2 Å². The van der Waals surface area contributed by atoms with Gasteiger partial charge in [0.25, 0.3) is 15.9 Å². The van der Waals surface area contributed by atoms with Gasteiger partial charge in [-0.15, -0.1) is 0 Å². The van der Waals surface area contributed by atoms with Crippen molar-refractivity contribution in [2.45, 2.75) is 44.7 Å². The van der Waals surface area contributed by atoms with Gasteiger partial charge < -0.3 is 15.4 Å². The Morgan fingerprint density at radius 1 is 1.17 bits per heavy atom. The second-order valence-electron chi connectivity index (χ2n) is 9.15. The molecule has 3 N–H and O–H groups in total. The molecule has 0 saturated carbocycles. The first-order chi connectivity index (χ1) is 17.1. The third-order valence-electron chi connectivity index (χ3n) is 5.71. The molecule has 1 saturated heterocycles. The van der Waals surface area contributed by atoms with Crippen molar-refractivity contribution in [2.75, 3.05) is 23.7 Å². The molecular weight excluding hydrogens is 480 g/mol. The Bertz CT molecular complexity index is 1340. The monoisotopic (exact) mass is 510 g/mol. The van der Waals surface area contributed by atoms with Crippen LogP contribution in [0, 0.1) is 5.92 Å². The van der Waals surface area contributed by atoms with E-state index in [1.54, 1.807) is 24.4 Å². The average molecular weight is 511 g/mol. The van der Waals surface area contributed by atoms with Crippen molar-refractivity contribution in [1.82, 2.24) is 19.7 Å². The maximum Gasteiger partial charge on any atom is 0.281 e. The summed E-state index contributed by atoms with van der Waals surface area (Å²) in [6.45, 7) is 7.42. The van der Waals surface area contributed by atoms with Crippen molar-refractivity contribution in [1.29, 1.82) is 0 Å². The van der Waals surface area contributed by atoms with Crippen LogP contribution < -0.4 is 20.1 Å². The van der Waals surface area contributed by atoms with E-state index in [2.05, 4.69) is 21.6 Å². The predicted molar refractivity (Wildman–Crippen MR) is 137 cm³/mol. The molecule has 1 unspecified atom stereocenters. The molecule has 1 aliphatic heterocycles. The molecule has 1 fully saturated rings. The molecule has 36 heavy (non-hydrogen) atoms. The van der Waals surface area contributed by atoms with Crippen LogP contribution in [0.4, 0.5) is 11.6 Å². The van der Waals surface area contributed by atoms with Crippen LogP contribution in [0.2, 0.25) is 0 Å². The smallest absolute Gasteiger partial charge is 0.281 e. The van der Waals surface area contributed by atoms with E-state index in [0.717, 1.165) is 18.4 Å². The van der Waals surface area contributed by atoms with E-state index in [4.69, 9.17) is 15.5 Å². The quantitative estimate of drug-likeness (QED) is 0.490. The lowest BCUT2D eigenvalue weighted by atomic mass is 9.99. The third kappa shape index (κ3) is 5.91. The highest BCUT2D eigenvalue weighted by Crippen LogP contribution is 2.29. The fraction of sp³-hybridized carbons (Fsp3) is 0.360. The molecule has 0 spiro atoms. The number of ether oxygens (including phenoxy) is 1. The molecule has 1 atom stereocenters. The van der Waals surface area contributed by atoms with Gasteiger partial charge in [-0.3, -0.25) is 4.79 Å². The number of pyridine rings is 3. The Hall–Kier alpha value is -3.73. The molecule has 11 heteroatoms. The number of nitrogens with two attached hydrogens (primary N) is 1. The number of piperidine rings is 1. The van der Waals surface area contributed by atoms with Crippen LogP contribution >= 0.6 is 0 Å². The summed E-state index contributed by atoms with van der Waals surface area (Å²) in [6, 6.07) is 11.1. The summed E-state index contributed by atoms with van der Waals surface area (Å²) in [5, 5.41) is -0.330. The maximum absolute atomic E-state index is 13.2. The van der Waals surface area contributed by atoms with Gasteiger partial charge in [-0.05, 0) is 62.9 Å². The largest absolute Gasteiger partial charge is 0.475 e. The van der Waals surface area contributed by atoms with Gasteiger partial charge in [0, 0.05) is 30.9 Å². The number of aromatic nitrogens is 3. The molecule has 0 bridgehead atoms. The molecule has 3 aromatic heterocycles. The first-order valence-electron chi connectivity index (χ1n) is 11.8. The molecular formula is C25H30N6O4S. The number of nitrogens with one attached hydrogen (secondary N) is 1. The van der Waals surface area contributed by atoms with E-state index in [1.165, 1.54) is 18.2 Å². The Morgan fingerprint density at radius 3 is 2.64 bits per heavy atom. The highest BCUT2D eigenvalue weighted by atomic mass is 32.2. The summed E-state index contributed by atoms with van der Waals surface area (Å²) in [4.78, 5) is 28.2. The van der Waals surface area contributed by atoms with Gasteiger partial charge in [0.2, 0.25) is 5.88 Å². The Kier molecular flexibility index (Phi) is 7.39. The highest BCUT2D eigenvalue weighted by molar-refractivity contribution is 7.90. The molecule has 3 aromatic rings. The zero-order valence-electron chi connectivity index (χ0n) is 20.5. The van der Waals surface area contributed by atoms with Crippen LogP contribution in [0.3, 0.4) is 0 Å². The number of nitrogens with zero attached hydrogens (tertiary/aromatic N) is 4. The average Bonchev–Trinajstić information content (AvgIpc) is 2.83. The Morgan fingerprint density at radius 2 is 1.97 bits per heavy atom. The van der Waals surface area contributed by atoms with E-state index in [1.807, 2.05) is 24.8 Å². The normalized spacial score (nSPS) is 16.1. The SMILES string of the molecule is CC1CCCN(c2nc(-c3ccc(OC(C)C)nc3)ccc2C(=O)NS(=O)(=O)c2cccc(N)n2)C1. The summed E-state index contributed by atoms with van der Waals surface area (Å²) in [5.41, 5.74) is 7.14. The van der Waals surface area contributed by atoms with Gasteiger partial charge in [-0.1, -0.05) is 13.0 Å². The number of anilines is 2. The number of rotatable bonds is 7. The van der Waals surface area contributed by atoms with E-state index in [9.17, 15) is 13.2 Å². The summed E-state index contributed by atoms with van der Waals surface area (Å²) >= 11 is 0. The van der Waals surface area contributed by atoms with Gasteiger partial charge in [0.05, 0.1) is 17.4 Å². The number of sulfonamides is 1. The molecule has 1 aliphatic rings. The van der Waals surface area contributed by atoms with E-state index >= 15 is 0 Å². The van der Waals surface area contributed by atoms with Gasteiger partial charge in [-0.2, -0.15) is 8.42 Å². The Labute approximate surface area is 211 Å². The lowest BCUT2D eigenvalue weighted by Crippen LogP contribution is -2.38. The van der Waals surface area contributed by atoms with Gasteiger partial charge in [0.1, 0.15) is 11.6 Å².